The molecular formula is C13H24O2. The normalized spacial score (nSPS) is 29.1. The van der Waals surface area contributed by atoms with Crippen molar-refractivity contribution in [3.63, 3.8) is 0 Å². The van der Waals surface area contributed by atoms with Crippen molar-refractivity contribution in [1.82, 2.24) is 0 Å². The smallest absolute Gasteiger partial charge is 0.132 e. The number of hydrogen-bond donors (Lipinski definition) is 0. The lowest BCUT2D eigenvalue weighted by atomic mass is 9.86. The summed E-state index contributed by atoms with van der Waals surface area (Å²) in [7, 11) is 0. The lowest BCUT2D eigenvalue weighted by molar-refractivity contribution is -0.121. The summed E-state index contributed by atoms with van der Waals surface area (Å²) >= 11 is 0. The Morgan fingerprint density at radius 3 is 2.40 bits per heavy atom. The Kier molecular flexibility index (Phi) is 4.78. The molecule has 0 aliphatic carbocycles. The van der Waals surface area contributed by atoms with Crippen molar-refractivity contribution in [2.24, 2.45) is 17.8 Å². The van der Waals surface area contributed by atoms with Gasteiger partial charge in [0, 0.05) is 12.5 Å². The van der Waals surface area contributed by atoms with Gasteiger partial charge < -0.3 is 4.74 Å². The molecule has 0 radical (unpaired) electrons. The molecule has 88 valence electrons. The van der Waals surface area contributed by atoms with Gasteiger partial charge in [0.15, 0.2) is 0 Å². The summed E-state index contributed by atoms with van der Waals surface area (Å²) < 4.78 is 5.82. The van der Waals surface area contributed by atoms with Crippen LogP contribution in [0.5, 0.6) is 0 Å². The number of hydrogen-bond acceptors (Lipinski definition) is 2. The standard InChI is InChI=1S/C13H24O2/c1-9(2)13-6-5-12(8-15-13)7-10(3)11(4)14/h9-10,12-13H,5-8H2,1-4H3. The first-order valence-corrected chi connectivity index (χ1v) is 6.12. The van der Waals surface area contributed by atoms with E-state index in [1.807, 2.05) is 6.92 Å². The number of rotatable bonds is 4. The van der Waals surface area contributed by atoms with Crippen LogP contribution in [-0.2, 0) is 9.53 Å². The molecule has 3 atom stereocenters. The van der Waals surface area contributed by atoms with E-state index in [0.29, 0.717) is 23.7 Å². The molecule has 0 aromatic rings. The fourth-order valence-electron chi connectivity index (χ4n) is 2.20. The Balaban J connectivity index is 2.28. The van der Waals surface area contributed by atoms with E-state index in [1.165, 1.54) is 6.42 Å². The molecule has 0 amide bonds. The van der Waals surface area contributed by atoms with E-state index in [0.717, 1.165) is 19.4 Å². The van der Waals surface area contributed by atoms with Crippen LogP contribution in [0.25, 0.3) is 0 Å². The first-order chi connectivity index (χ1) is 7.00. The maximum atomic E-state index is 11.1. The van der Waals surface area contributed by atoms with Gasteiger partial charge in [-0.1, -0.05) is 20.8 Å². The molecule has 3 unspecified atom stereocenters. The molecule has 0 saturated carbocycles. The Morgan fingerprint density at radius 1 is 1.33 bits per heavy atom. The van der Waals surface area contributed by atoms with Gasteiger partial charge in [-0.25, -0.2) is 0 Å². The molecular weight excluding hydrogens is 188 g/mol. The molecule has 0 bridgehead atoms. The number of carbonyl (C=O) groups is 1. The lowest BCUT2D eigenvalue weighted by Crippen LogP contribution is -2.31. The molecule has 1 aliphatic rings. The molecule has 1 saturated heterocycles. The minimum Gasteiger partial charge on any atom is -0.378 e. The van der Waals surface area contributed by atoms with Gasteiger partial charge in [-0.3, -0.25) is 4.79 Å². The maximum absolute atomic E-state index is 11.1. The van der Waals surface area contributed by atoms with Gasteiger partial charge in [-0.05, 0) is 38.0 Å². The summed E-state index contributed by atoms with van der Waals surface area (Å²) in [5.41, 5.74) is 0. The van der Waals surface area contributed by atoms with Gasteiger partial charge in [0.25, 0.3) is 0 Å². The summed E-state index contributed by atoms with van der Waals surface area (Å²) in [6, 6.07) is 0. The summed E-state index contributed by atoms with van der Waals surface area (Å²) in [6.07, 6.45) is 3.82. The van der Waals surface area contributed by atoms with Crippen molar-refractivity contribution >= 4 is 5.78 Å². The third-order valence-electron chi connectivity index (χ3n) is 3.53. The lowest BCUT2D eigenvalue weighted by Gasteiger charge is -2.32. The number of ether oxygens (including phenoxy) is 1. The monoisotopic (exact) mass is 212 g/mol. The highest BCUT2D eigenvalue weighted by Crippen LogP contribution is 2.27. The van der Waals surface area contributed by atoms with E-state index < -0.39 is 0 Å². The quantitative estimate of drug-likeness (QED) is 0.716. The average molecular weight is 212 g/mol. The second-order valence-electron chi connectivity index (χ2n) is 5.31. The van der Waals surface area contributed by atoms with Gasteiger partial charge >= 0.3 is 0 Å². The molecule has 0 spiro atoms. The Labute approximate surface area is 93.4 Å². The predicted molar refractivity (Wildman–Crippen MR) is 61.8 cm³/mol. The zero-order valence-electron chi connectivity index (χ0n) is 10.5. The van der Waals surface area contributed by atoms with Crippen LogP contribution in [-0.4, -0.2) is 18.5 Å². The Bertz CT molecular complexity index is 203. The van der Waals surface area contributed by atoms with Gasteiger partial charge in [0.05, 0.1) is 6.10 Å². The first kappa shape index (κ1) is 12.7. The molecule has 0 aromatic carbocycles. The summed E-state index contributed by atoms with van der Waals surface area (Å²) in [5, 5.41) is 0. The topological polar surface area (TPSA) is 26.3 Å². The molecule has 1 aliphatic heterocycles. The summed E-state index contributed by atoms with van der Waals surface area (Å²) in [4.78, 5) is 11.1. The first-order valence-electron chi connectivity index (χ1n) is 6.12. The van der Waals surface area contributed by atoms with Crippen LogP contribution < -0.4 is 0 Å². The minimum absolute atomic E-state index is 0.203. The van der Waals surface area contributed by atoms with Crippen molar-refractivity contribution in [2.75, 3.05) is 6.61 Å². The van der Waals surface area contributed by atoms with E-state index in [9.17, 15) is 4.79 Å². The SMILES string of the molecule is CC(=O)C(C)CC1CCC(C(C)C)OC1. The van der Waals surface area contributed by atoms with Crippen LogP contribution in [0.2, 0.25) is 0 Å². The molecule has 1 fully saturated rings. The number of carbonyl (C=O) groups excluding carboxylic acids is 1. The van der Waals surface area contributed by atoms with Crippen molar-refractivity contribution in [3.8, 4) is 0 Å². The van der Waals surface area contributed by atoms with Crippen LogP contribution >= 0.6 is 0 Å². The summed E-state index contributed by atoms with van der Waals surface area (Å²) in [5.74, 6) is 1.73. The van der Waals surface area contributed by atoms with E-state index in [2.05, 4.69) is 13.8 Å². The Morgan fingerprint density at radius 2 is 2.00 bits per heavy atom. The van der Waals surface area contributed by atoms with Crippen LogP contribution in [0, 0.1) is 17.8 Å². The zero-order chi connectivity index (χ0) is 11.4. The second kappa shape index (κ2) is 5.64. The van der Waals surface area contributed by atoms with E-state index in [4.69, 9.17) is 4.74 Å². The molecule has 1 heterocycles. The van der Waals surface area contributed by atoms with Crippen LogP contribution in [0.4, 0.5) is 0 Å². The van der Waals surface area contributed by atoms with Crippen LogP contribution in [0.3, 0.4) is 0 Å². The van der Waals surface area contributed by atoms with E-state index in [1.54, 1.807) is 6.92 Å². The highest BCUT2D eigenvalue weighted by molar-refractivity contribution is 5.77. The third kappa shape index (κ3) is 3.94. The van der Waals surface area contributed by atoms with Gasteiger partial charge in [-0.15, -0.1) is 0 Å². The van der Waals surface area contributed by atoms with Gasteiger partial charge in [0.1, 0.15) is 5.78 Å². The number of Topliss-reactive ketones (excluding diaryl/α,β-unsaturated/α-hetero) is 1. The molecule has 2 heteroatoms. The largest absolute Gasteiger partial charge is 0.378 e. The van der Waals surface area contributed by atoms with Crippen molar-refractivity contribution in [2.45, 2.75) is 53.1 Å². The maximum Gasteiger partial charge on any atom is 0.132 e. The van der Waals surface area contributed by atoms with Crippen molar-refractivity contribution in [1.29, 1.82) is 0 Å². The van der Waals surface area contributed by atoms with Crippen molar-refractivity contribution in [3.05, 3.63) is 0 Å². The van der Waals surface area contributed by atoms with E-state index >= 15 is 0 Å². The highest BCUT2D eigenvalue weighted by atomic mass is 16.5. The Hall–Kier alpha value is -0.370. The van der Waals surface area contributed by atoms with Crippen LogP contribution in [0.1, 0.15) is 47.0 Å². The fraction of sp³-hybridized carbons (Fsp3) is 0.923. The van der Waals surface area contributed by atoms with Gasteiger partial charge in [0.2, 0.25) is 0 Å². The molecule has 2 nitrogen and oxygen atoms in total. The second-order valence-corrected chi connectivity index (χ2v) is 5.31. The molecule has 0 aromatic heterocycles. The minimum atomic E-state index is 0.203. The highest BCUT2D eigenvalue weighted by Gasteiger charge is 2.25. The molecule has 1 rings (SSSR count). The zero-order valence-corrected chi connectivity index (χ0v) is 10.5. The fourth-order valence-corrected chi connectivity index (χ4v) is 2.20. The van der Waals surface area contributed by atoms with Gasteiger partial charge in [-0.2, -0.15) is 0 Å². The third-order valence-corrected chi connectivity index (χ3v) is 3.53. The molecule has 0 N–H and O–H groups in total. The average Bonchev–Trinajstić information content (AvgIpc) is 2.18. The predicted octanol–water partition coefficient (Wildman–Crippen LogP) is 3.05. The summed E-state index contributed by atoms with van der Waals surface area (Å²) in [6.45, 7) is 8.98. The van der Waals surface area contributed by atoms with Crippen LogP contribution in [0.15, 0.2) is 0 Å². The number of ketones is 1. The van der Waals surface area contributed by atoms with Crippen molar-refractivity contribution < 1.29 is 9.53 Å². The molecule has 15 heavy (non-hydrogen) atoms. The van der Waals surface area contributed by atoms with E-state index in [-0.39, 0.29) is 5.92 Å².